The van der Waals surface area contributed by atoms with Crippen LogP contribution in [-0.4, -0.2) is 20.0 Å². The van der Waals surface area contributed by atoms with E-state index < -0.39 is 5.41 Å². The molecule has 1 aromatic carbocycles. The summed E-state index contributed by atoms with van der Waals surface area (Å²) in [7, 11) is 3.24. The Morgan fingerprint density at radius 3 is 2.53 bits per heavy atom. The minimum Gasteiger partial charge on any atom is -0.493 e. The van der Waals surface area contributed by atoms with E-state index in [-0.39, 0.29) is 5.92 Å². The maximum Gasteiger partial charge on any atom is 0.161 e. The van der Waals surface area contributed by atoms with Gasteiger partial charge in [-0.2, -0.15) is 0 Å². The van der Waals surface area contributed by atoms with Gasteiger partial charge in [0, 0.05) is 5.92 Å². The number of hydrogen-bond donors (Lipinski definition) is 0. The standard InChI is InChI=1S/C16H22O3/c1-11-6-5-9-16(2,15(11)17)12-7-8-13(18-3)14(10-12)19-4/h7-8,10-11H,5-6,9H2,1-4H3. The fraction of sp³-hybridized carbons (Fsp3) is 0.562. The molecule has 0 spiro atoms. The molecular weight excluding hydrogens is 240 g/mol. The van der Waals surface area contributed by atoms with Crippen LogP contribution >= 0.6 is 0 Å². The molecule has 1 fully saturated rings. The van der Waals surface area contributed by atoms with E-state index in [9.17, 15) is 4.79 Å². The molecule has 0 saturated heterocycles. The van der Waals surface area contributed by atoms with E-state index in [4.69, 9.17) is 9.47 Å². The van der Waals surface area contributed by atoms with Gasteiger partial charge in [-0.25, -0.2) is 0 Å². The smallest absolute Gasteiger partial charge is 0.161 e. The maximum absolute atomic E-state index is 12.5. The number of benzene rings is 1. The third-order valence-corrected chi connectivity index (χ3v) is 4.33. The summed E-state index contributed by atoms with van der Waals surface area (Å²) in [6.45, 7) is 4.08. The van der Waals surface area contributed by atoms with Gasteiger partial charge in [0.05, 0.1) is 19.6 Å². The van der Waals surface area contributed by atoms with Gasteiger partial charge < -0.3 is 9.47 Å². The Morgan fingerprint density at radius 2 is 1.89 bits per heavy atom. The van der Waals surface area contributed by atoms with Crippen molar-refractivity contribution in [2.45, 2.75) is 38.5 Å². The van der Waals surface area contributed by atoms with Crippen molar-refractivity contribution in [3.8, 4) is 11.5 Å². The Bertz CT molecular complexity index is 481. The van der Waals surface area contributed by atoms with Gasteiger partial charge in [-0.05, 0) is 37.5 Å². The van der Waals surface area contributed by atoms with Crippen molar-refractivity contribution < 1.29 is 14.3 Å². The molecular formula is C16H22O3. The first-order chi connectivity index (χ1) is 9.02. The van der Waals surface area contributed by atoms with Crippen LogP contribution in [0.4, 0.5) is 0 Å². The molecule has 2 rings (SSSR count). The largest absolute Gasteiger partial charge is 0.493 e. The number of methoxy groups -OCH3 is 2. The highest BCUT2D eigenvalue weighted by Gasteiger charge is 2.40. The highest BCUT2D eigenvalue weighted by Crippen LogP contribution is 2.41. The number of Topliss-reactive ketones (excluding diaryl/α,β-unsaturated/α-hetero) is 1. The van der Waals surface area contributed by atoms with E-state index in [2.05, 4.69) is 0 Å². The highest BCUT2D eigenvalue weighted by molar-refractivity contribution is 5.92. The topological polar surface area (TPSA) is 35.5 Å². The Balaban J connectivity index is 2.42. The van der Waals surface area contributed by atoms with Crippen LogP contribution in [0.5, 0.6) is 11.5 Å². The zero-order chi connectivity index (χ0) is 14.0. The monoisotopic (exact) mass is 262 g/mol. The van der Waals surface area contributed by atoms with Crippen molar-refractivity contribution in [2.75, 3.05) is 14.2 Å². The first-order valence-corrected chi connectivity index (χ1v) is 6.79. The van der Waals surface area contributed by atoms with Crippen LogP contribution in [0, 0.1) is 5.92 Å². The van der Waals surface area contributed by atoms with Crippen LogP contribution in [0.25, 0.3) is 0 Å². The predicted molar refractivity (Wildman–Crippen MR) is 74.9 cm³/mol. The number of carbonyl (C=O) groups is 1. The fourth-order valence-electron chi connectivity index (χ4n) is 3.03. The van der Waals surface area contributed by atoms with E-state index >= 15 is 0 Å². The van der Waals surface area contributed by atoms with E-state index in [0.717, 1.165) is 24.8 Å². The van der Waals surface area contributed by atoms with Gasteiger partial charge in [-0.1, -0.05) is 19.4 Å². The Morgan fingerprint density at radius 1 is 1.21 bits per heavy atom. The van der Waals surface area contributed by atoms with Gasteiger partial charge in [0.15, 0.2) is 11.5 Å². The van der Waals surface area contributed by atoms with Crippen molar-refractivity contribution in [1.29, 1.82) is 0 Å². The summed E-state index contributed by atoms with van der Waals surface area (Å²) in [5.41, 5.74) is 0.638. The second-order valence-electron chi connectivity index (χ2n) is 5.56. The molecule has 0 bridgehead atoms. The van der Waals surface area contributed by atoms with Crippen LogP contribution in [0.3, 0.4) is 0 Å². The molecule has 0 heterocycles. The normalized spacial score (nSPS) is 27.2. The van der Waals surface area contributed by atoms with E-state index in [1.165, 1.54) is 0 Å². The van der Waals surface area contributed by atoms with Gasteiger partial charge in [0.2, 0.25) is 0 Å². The third kappa shape index (κ3) is 2.34. The molecule has 3 nitrogen and oxygen atoms in total. The summed E-state index contributed by atoms with van der Waals surface area (Å²) in [6, 6.07) is 5.80. The lowest BCUT2D eigenvalue weighted by Gasteiger charge is -2.36. The molecule has 1 aliphatic carbocycles. The molecule has 0 aromatic heterocycles. The number of hydrogen-bond acceptors (Lipinski definition) is 3. The van der Waals surface area contributed by atoms with E-state index in [1.54, 1.807) is 14.2 Å². The molecule has 1 aromatic rings. The van der Waals surface area contributed by atoms with Gasteiger partial charge in [-0.15, -0.1) is 0 Å². The Kier molecular flexibility index (Phi) is 3.83. The Hall–Kier alpha value is -1.51. The molecule has 2 unspecified atom stereocenters. The molecule has 2 atom stereocenters. The van der Waals surface area contributed by atoms with Gasteiger partial charge >= 0.3 is 0 Å². The predicted octanol–water partition coefficient (Wildman–Crippen LogP) is 3.35. The second-order valence-corrected chi connectivity index (χ2v) is 5.56. The zero-order valence-corrected chi connectivity index (χ0v) is 12.2. The molecule has 104 valence electrons. The van der Waals surface area contributed by atoms with Crippen LogP contribution < -0.4 is 9.47 Å². The Labute approximate surface area is 114 Å². The van der Waals surface area contributed by atoms with Gasteiger partial charge in [0.25, 0.3) is 0 Å². The van der Waals surface area contributed by atoms with Crippen LogP contribution in [0.1, 0.15) is 38.7 Å². The highest BCUT2D eigenvalue weighted by atomic mass is 16.5. The number of rotatable bonds is 3. The van der Waals surface area contributed by atoms with Crippen molar-refractivity contribution in [3.63, 3.8) is 0 Å². The fourth-order valence-corrected chi connectivity index (χ4v) is 3.03. The lowest BCUT2D eigenvalue weighted by Crippen LogP contribution is -2.40. The molecule has 1 saturated carbocycles. The quantitative estimate of drug-likeness (QED) is 0.838. The molecule has 19 heavy (non-hydrogen) atoms. The van der Waals surface area contributed by atoms with Crippen molar-refractivity contribution >= 4 is 5.78 Å². The number of ketones is 1. The average Bonchev–Trinajstić information content (AvgIpc) is 2.43. The molecule has 1 aliphatic rings. The lowest BCUT2D eigenvalue weighted by atomic mass is 9.66. The summed E-state index contributed by atoms with van der Waals surface area (Å²) in [5, 5.41) is 0. The lowest BCUT2D eigenvalue weighted by molar-refractivity contribution is -0.129. The SMILES string of the molecule is COc1ccc(C2(C)CCCC(C)C2=O)cc1OC. The van der Waals surface area contributed by atoms with Crippen molar-refractivity contribution in [2.24, 2.45) is 5.92 Å². The molecule has 0 amide bonds. The summed E-state index contributed by atoms with van der Waals surface area (Å²) in [5.74, 6) is 1.87. The minimum atomic E-state index is -0.392. The average molecular weight is 262 g/mol. The molecule has 3 heteroatoms. The molecule has 0 radical (unpaired) electrons. The summed E-state index contributed by atoms with van der Waals surface area (Å²) < 4.78 is 10.6. The second kappa shape index (κ2) is 5.24. The van der Waals surface area contributed by atoms with Crippen molar-refractivity contribution in [3.05, 3.63) is 23.8 Å². The molecule has 0 N–H and O–H groups in total. The van der Waals surface area contributed by atoms with Crippen LogP contribution in [0.15, 0.2) is 18.2 Å². The first kappa shape index (κ1) is 13.9. The summed E-state index contributed by atoms with van der Waals surface area (Å²) in [4.78, 5) is 12.5. The maximum atomic E-state index is 12.5. The van der Waals surface area contributed by atoms with Gasteiger partial charge in [0.1, 0.15) is 5.78 Å². The van der Waals surface area contributed by atoms with Crippen LogP contribution in [-0.2, 0) is 10.2 Å². The van der Waals surface area contributed by atoms with Crippen molar-refractivity contribution in [1.82, 2.24) is 0 Å². The third-order valence-electron chi connectivity index (χ3n) is 4.33. The first-order valence-electron chi connectivity index (χ1n) is 6.79. The summed E-state index contributed by atoms with van der Waals surface area (Å²) in [6.07, 6.45) is 3.01. The van der Waals surface area contributed by atoms with E-state index in [1.807, 2.05) is 32.0 Å². The summed E-state index contributed by atoms with van der Waals surface area (Å²) >= 11 is 0. The zero-order valence-electron chi connectivity index (χ0n) is 12.2. The number of carbonyl (C=O) groups excluding carboxylic acids is 1. The molecule has 0 aliphatic heterocycles. The van der Waals surface area contributed by atoms with Gasteiger partial charge in [-0.3, -0.25) is 4.79 Å². The van der Waals surface area contributed by atoms with E-state index in [0.29, 0.717) is 17.3 Å². The van der Waals surface area contributed by atoms with Crippen LogP contribution in [0.2, 0.25) is 0 Å². The number of ether oxygens (including phenoxy) is 2. The minimum absolute atomic E-state index is 0.145.